The number of hydrogen-bond acceptors (Lipinski definition) is 9. The Balaban J connectivity index is 1.72. The van der Waals surface area contributed by atoms with E-state index in [4.69, 9.17) is 10.7 Å². The van der Waals surface area contributed by atoms with Crippen LogP contribution in [-0.2, 0) is 16.4 Å². The molecule has 2 aliphatic heterocycles. The topological polar surface area (TPSA) is 136 Å². The maximum atomic E-state index is 12.6. The zero-order valence-electron chi connectivity index (χ0n) is 15.9. The van der Waals surface area contributed by atoms with Gasteiger partial charge in [-0.2, -0.15) is 9.61 Å². The summed E-state index contributed by atoms with van der Waals surface area (Å²) >= 11 is 1.35. The van der Waals surface area contributed by atoms with Gasteiger partial charge in [0, 0.05) is 30.5 Å². The molecule has 0 aliphatic carbocycles. The van der Waals surface area contributed by atoms with Gasteiger partial charge in [-0.05, 0) is 25.7 Å². The molecule has 5 heterocycles. The summed E-state index contributed by atoms with van der Waals surface area (Å²) in [5, 5.41) is 17.8. The first-order chi connectivity index (χ1) is 13.8. The summed E-state index contributed by atoms with van der Waals surface area (Å²) in [6.07, 6.45) is 8.37. The van der Waals surface area contributed by atoms with E-state index in [1.54, 1.807) is 12.4 Å². The molecule has 29 heavy (non-hydrogen) atoms. The van der Waals surface area contributed by atoms with Crippen LogP contribution in [0.1, 0.15) is 42.3 Å². The monoisotopic (exact) mass is 434 g/mol. The molecule has 2 aliphatic rings. The fraction of sp³-hybridized carbons (Fsp3) is 0.500. The Kier molecular flexibility index (Phi) is 4.39. The number of nitrogens with two attached hydrogens (primary N) is 1. The van der Waals surface area contributed by atoms with Crippen LogP contribution >= 0.6 is 11.3 Å². The number of sulfone groups is 1. The number of aliphatic hydroxyl groups is 1. The zero-order valence-corrected chi connectivity index (χ0v) is 17.5. The molecule has 154 valence electrons. The van der Waals surface area contributed by atoms with E-state index >= 15 is 0 Å². The number of fused-ring (bicyclic) bond motifs is 3. The molecule has 0 spiro atoms. The van der Waals surface area contributed by atoms with Crippen LogP contribution in [0.4, 0.5) is 5.82 Å². The molecular weight excluding hydrogens is 412 g/mol. The standard InChI is InChI=1S/C18H22N6O3S2/c1-29(26,27)16-15(9-4-10-2-3-11(5-9)22-10)23-18-12(6-21-24(18)17(16)19)13-7-20-14(8-25)28-13/h6-7,9-11,22,25H,2-5,8,19H2,1H3/t9-,10-,11+. The number of nitrogen functional groups attached to an aromatic ring is 1. The number of hydrogen-bond donors (Lipinski definition) is 3. The van der Waals surface area contributed by atoms with Gasteiger partial charge in [0.15, 0.2) is 15.5 Å². The van der Waals surface area contributed by atoms with Crippen molar-refractivity contribution in [2.75, 3.05) is 12.0 Å². The maximum Gasteiger partial charge on any atom is 0.180 e. The molecule has 3 aromatic heterocycles. The van der Waals surface area contributed by atoms with Gasteiger partial charge in [-0.1, -0.05) is 0 Å². The molecule has 0 unspecified atom stereocenters. The number of nitrogens with zero attached hydrogens (tertiary/aromatic N) is 4. The maximum absolute atomic E-state index is 12.6. The summed E-state index contributed by atoms with van der Waals surface area (Å²) in [6, 6.07) is 0.784. The average Bonchev–Trinajstić information content (AvgIpc) is 3.38. The number of thiazole rings is 1. The Hall–Kier alpha value is -2.08. The lowest BCUT2D eigenvalue weighted by atomic mass is 9.89. The van der Waals surface area contributed by atoms with Crippen molar-refractivity contribution in [1.29, 1.82) is 0 Å². The summed E-state index contributed by atoms with van der Waals surface area (Å²) in [6.45, 7) is -0.138. The van der Waals surface area contributed by atoms with Crippen molar-refractivity contribution in [3.63, 3.8) is 0 Å². The lowest BCUT2D eigenvalue weighted by Crippen LogP contribution is -2.38. The Labute approximate surface area is 171 Å². The number of anilines is 1. The Morgan fingerprint density at radius 3 is 2.66 bits per heavy atom. The van der Waals surface area contributed by atoms with Crippen molar-refractivity contribution in [2.45, 2.75) is 55.2 Å². The second kappa shape index (κ2) is 6.73. The summed E-state index contributed by atoms with van der Waals surface area (Å²) in [4.78, 5) is 9.90. The van der Waals surface area contributed by atoms with Gasteiger partial charge in [0.1, 0.15) is 15.7 Å². The number of rotatable bonds is 4. The van der Waals surface area contributed by atoms with Gasteiger partial charge in [0.2, 0.25) is 0 Å². The molecule has 2 bridgehead atoms. The molecular formula is C18H22N6O3S2. The highest BCUT2D eigenvalue weighted by Gasteiger charge is 2.38. The first kappa shape index (κ1) is 18.9. The summed E-state index contributed by atoms with van der Waals surface area (Å²) < 4.78 is 26.7. The lowest BCUT2D eigenvalue weighted by molar-refractivity contribution is 0.281. The van der Waals surface area contributed by atoms with E-state index in [0.29, 0.717) is 28.4 Å². The summed E-state index contributed by atoms with van der Waals surface area (Å²) in [7, 11) is -3.59. The van der Waals surface area contributed by atoms with Gasteiger partial charge in [-0.15, -0.1) is 11.3 Å². The first-order valence-electron chi connectivity index (χ1n) is 9.54. The molecule has 4 N–H and O–H groups in total. The molecule has 3 aromatic rings. The Morgan fingerprint density at radius 2 is 2.03 bits per heavy atom. The highest BCUT2D eigenvalue weighted by molar-refractivity contribution is 7.91. The van der Waals surface area contributed by atoms with E-state index in [-0.39, 0.29) is 23.2 Å². The summed E-state index contributed by atoms with van der Waals surface area (Å²) in [5.41, 5.74) is 8.13. The quantitative estimate of drug-likeness (QED) is 0.560. The van der Waals surface area contributed by atoms with Crippen LogP contribution in [0.5, 0.6) is 0 Å². The molecule has 0 radical (unpaired) electrons. The van der Waals surface area contributed by atoms with Gasteiger partial charge < -0.3 is 16.2 Å². The van der Waals surface area contributed by atoms with Crippen LogP contribution in [0.25, 0.3) is 16.1 Å². The van der Waals surface area contributed by atoms with E-state index in [9.17, 15) is 13.5 Å². The molecule has 5 rings (SSSR count). The largest absolute Gasteiger partial charge is 0.389 e. The first-order valence-corrected chi connectivity index (χ1v) is 12.2. The average molecular weight is 435 g/mol. The van der Waals surface area contributed by atoms with Crippen molar-refractivity contribution < 1.29 is 13.5 Å². The molecule has 3 atom stereocenters. The van der Waals surface area contributed by atoms with Crippen LogP contribution in [0.3, 0.4) is 0 Å². The van der Waals surface area contributed by atoms with E-state index in [2.05, 4.69) is 15.4 Å². The fourth-order valence-electron chi connectivity index (χ4n) is 4.64. The predicted octanol–water partition coefficient (Wildman–Crippen LogP) is 1.33. The minimum Gasteiger partial charge on any atom is -0.389 e. The van der Waals surface area contributed by atoms with Gasteiger partial charge in [0.25, 0.3) is 0 Å². The zero-order chi connectivity index (χ0) is 20.3. The molecule has 0 aromatic carbocycles. The number of piperidine rings is 1. The van der Waals surface area contributed by atoms with Crippen molar-refractivity contribution in [1.82, 2.24) is 24.9 Å². The second-order valence-corrected chi connectivity index (χ2v) is 10.9. The minimum absolute atomic E-state index is 0.0305. The molecule has 2 fully saturated rings. The number of aliphatic hydroxyl groups excluding tert-OH is 1. The highest BCUT2D eigenvalue weighted by atomic mass is 32.2. The van der Waals surface area contributed by atoms with Crippen molar-refractivity contribution in [3.05, 3.63) is 23.1 Å². The third kappa shape index (κ3) is 3.12. The van der Waals surface area contributed by atoms with Crippen molar-refractivity contribution in [3.8, 4) is 10.4 Å². The normalized spacial score (nSPS) is 24.4. The van der Waals surface area contributed by atoms with Crippen LogP contribution in [0, 0.1) is 0 Å². The van der Waals surface area contributed by atoms with Crippen LogP contribution in [0.15, 0.2) is 17.3 Å². The third-order valence-corrected chi connectivity index (χ3v) is 8.02. The molecule has 0 amide bonds. The second-order valence-electron chi connectivity index (χ2n) is 7.86. The van der Waals surface area contributed by atoms with E-state index in [0.717, 1.165) is 36.1 Å². The summed E-state index contributed by atoms with van der Waals surface area (Å²) in [5.74, 6) is 0.125. The molecule has 0 saturated carbocycles. The highest BCUT2D eigenvalue weighted by Crippen LogP contribution is 2.41. The predicted molar refractivity (Wildman–Crippen MR) is 109 cm³/mol. The van der Waals surface area contributed by atoms with Crippen molar-refractivity contribution in [2.24, 2.45) is 0 Å². The third-order valence-electron chi connectivity index (χ3n) is 5.85. The Morgan fingerprint density at radius 1 is 1.31 bits per heavy atom. The fourth-order valence-corrected chi connectivity index (χ4v) is 6.48. The van der Waals surface area contributed by atoms with E-state index in [1.807, 2.05) is 0 Å². The Bertz CT molecular complexity index is 1190. The van der Waals surface area contributed by atoms with Crippen LogP contribution in [0.2, 0.25) is 0 Å². The smallest absolute Gasteiger partial charge is 0.180 e. The van der Waals surface area contributed by atoms with E-state index in [1.165, 1.54) is 22.1 Å². The lowest BCUT2D eigenvalue weighted by Gasteiger charge is -2.30. The number of aromatic nitrogens is 4. The van der Waals surface area contributed by atoms with Crippen LogP contribution in [-0.4, -0.2) is 51.4 Å². The van der Waals surface area contributed by atoms with Gasteiger partial charge in [-0.3, -0.25) is 0 Å². The molecule has 2 saturated heterocycles. The van der Waals surface area contributed by atoms with Gasteiger partial charge in [0.05, 0.1) is 28.9 Å². The molecule has 11 heteroatoms. The van der Waals surface area contributed by atoms with Crippen LogP contribution < -0.4 is 11.1 Å². The van der Waals surface area contributed by atoms with Gasteiger partial charge in [-0.25, -0.2) is 18.4 Å². The van der Waals surface area contributed by atoms with Crippen molar-refractivity contribution >= 4 is 32.6 Å². The molecule has 9 nitrogen and oxygen atoms in total. The van der Waals surface area contributed by atoms with Gasteiger partial charge >= 0.3 is 0 Å². The SMILES string of the molecule is CS(=O)(=O)c1c([C@@H]2C[C@H]3CC[C@@H](C2)N3)nc2c(-c3cnc(CO)s3)cnn2c1N. The number of nitrogens with one attached hydrogen (secondary N) is 1. The van der Waals surface area contributed by atoms with E-state index < -0.39 is 9.84 Å². The minimum atomic E-state index is -3.59.